The molecule has 0 atom stereocenters. The summed E-state index contributed by atoms with van der Waals surface area (Å²) in [5.41, 5.74) is 1.03. The summed E-state index contributed by atoms with van der Waals surface area (Å²) in [7, 11) is 3.22. The highest BCUT2D eigenvalue weighted by Gasteiger charge is 2.22. The second-order valence-corrected chi connectivity index (χ2v) is 5.73. The van der Waals surface area contributed by atoms with Crippen LogP contribution < -0.4 is 0 Å². The molecule has 7 heteroatoms. The number of rotatable bonds is 3. The number of carbonyl (C=O) groups excluding carboxylic acids is 2. The summed E-state index contributed by atoms with van der Waals surface area (Å²) in [4.78, 5) is 37.1. The van der Waals surface area contributed by atoms with Crippen LogP contribution in [0, 0.1) is 10.1 Å². The maximum atomic E-state index is 12.9. The molecule has 0 unspecified atom stereocenters. The maximum absolute atomic E-state index is 12.9. The van der Waals surface area contributed by atoms with Crippen molar-refractivity contribution in [1.82, 2.24) is 9.47 Å². The van der Waals surface area contributed by atoms with Crippen LogP contribution in [0.4, 0.5) is 10.5 Å². The Morgan fingerprint density at radius 2 is 1.68 bits per heavy atom. The molecule has 3 aromatic rings. The van der Waals surface area contributed by atoms with E-state index in [9.17, 15) is 19.7 Å². The second kappa shape index (κ2) is 6.20. The highest BCUT2D eigenvalue weighted by molar-refractivity contribution is 6.13. The maximum Gasteiger partial charge on any atom is 0.328 e. The Balaban J connectivity index is 2.14. The first kappa shape index (κ1) is 16.4. The van der Waals surface area contributed by atoms with E-state index in [-0.39, 0.29) is 28.8 Å². The molecule has 0 spiro atoms. The van der Waals surface area contributed by atoms with E-state index in [0.717, 1.165) is 5.39 Å². The molecule has 0 aliphatic heterocycles. The van der Waals surface area contributed by atoms with Gasteiger partial charge in [0.1, 0.15) is 0 Å². The fraction of sp³-hybridized carbons (Fsp3) is 0.111. The number of non-ortho nitro benzene ring substituents is 1. The molecule has 0 radical (unpaired) electrons. The topological polar surface area (TPSA) is 85.5 Å². The fourth-order valence-electron chi connectivity index (χ4n) is 2.61. The predicted molar refractivity (Wildman–Crippen MR) is 92.9 cm³/mol. The van der Waals surface area contributed by atoms with Crippen LogP contribution in [-0.4, -0.2) is 40.3 Å². The van der Waals surface area contributed by atoms with Crippen molar-refractivity contribution < 1.29 is 14.5 Å². The van der Waals surface area contributed by atoms with E-state index < -0.39 is 4.92 Å². The zero-order valence-electron chi connectivity index (χ0n) is 13.7. The molecule has 7 nitrogen and oxygen atoms in total. The number of hydrogen-bond donors (Lipinski definition) is 0. The second-order valence-electron chi connectivity index (χ2n) is 5.73. The standard InChI is InChI=1S/C18H15N3O4/c1-19(2)18(23)20-15-6-4-3-5-13(15)11-16(20)17(22)12-7-9-14(10-8-12)21(24)25/h3-11H,1-2H3. The lowest BCUT2D eigenvalue weighted by Crippen LogP contribution is -2.29. The minimum atomic E-state index is -0.527. The molecule has 126 valence electrons. The van der Waals surface area contributed by atoms with Gasteiger partial charge < -0.3 is 4.90 Å². The molecule has 1 heterocycles. The monoisotopic (exact) mass is 337 g/mol. The molecule has 0 aliphatic carbocycles. The third kappa shape index (κ3) is 2.87. The van der Waals surface area contributed by atoms with Crippen molar-refractivity contribution in [1.29, 1.82) is 0 Å². The SMILES string of the molecule is CN(C)C(=O)n1c(C(=O)c2ccc([N+](=O)[O-])cc2)cc2ccccc21. The van der Waals surface area contributed by atoms with Crippen molar-refractivity contribution in [3.8, 4) is 0 Å². The van der Waals surface area contributed by atoms with Gasteiger partial charge in [0.2, 0.25) is 5.78 Å². The van der Waals surface area contributed by atoms with E-state index in [0.29, 0.717) is 5.52 Å². The van der Waals surface area contributed by atoms with Gasteiger partial charge in [0.15, 0.2) is 0 Å². The van der Waals surface area contributed by atoms with Crippen LogP contribution in [0.5, 0.6) is 0 Å². The van der Waals surface area contributed by atoms with Crippen molar-refractivity contribution >= 4 is 28.4 Å². The Bertz CT molecular complexity index is 987. The van der Waals surface area contributed by atoms with Gasteiger partial charge in [-0.15, -0.1) is 0 Å². The van der Waals surface area contributed by atoms with E-state index >= 15 is 0 Å². The van der Waals surface area contributed by atoms with Gasteiger partial charge in [-0.3, -0.25) is 19.5 Å². The molecule has 1 amide bonds. The summed E-state index contributed by atoms with van der Waals surface area (Å²) in [5.74, 6) is -0.374. The van der Waals surface area contributed by atoms with Gasteiger partial charge in [-0.1, -0.05) is 18.2 Å². The average molecular weight is 337 g/mol. The van der Waals surface area contributed by atoms with Gasteiger partial charge in [0, 0.05) is 37.2 Å². The Hall–Kier alpha value is -3.48. The fourth-order valence-corrected chi connectivity index (χ4v) is 2.61. The Kier molecular flexibility index (Phi) is 4.06. The number of aromatic nitrogens is 1. The number of amides is 1. The molecule has 0 saturated heterocycles. The average Bonchev–Trinajstić information content (AvgIpc) is 2.99. The van der Waals surface area contributed by atoms with E-state index in [1.54, 1.807) is 32.3 Å². The van der Waals surface area contributed by atoms with Crippen molar-refractivity contribution in [2.24, 2.45) is 0 Å². The summed E-state index contributed by atoms with van der Waals surface area (Å²) in [6.45, 7) is 0. The van der Waals surface area contributed by atoms with Crippen LogP contribution >= 0.6 is 0 Å². The molecule has 0 aliphatic rings. The Labute approximate surface area is 143 Å². The van der Waals surface area contributed by atoms with Crippen molar-refractivity contribution in [2.45, 2.75) is 0 Å². The molecule has 0 bridgehead atoms. The molecule has 0 N–H and O–H groups in total. The lowest BCUT2D eigenvalue weighted by Gasteiger charge is -2.14. The summed E-state index contributed by atoms with van der Waals surface area (Å²) in [5, 5.41) is 11.5. The lowest BCUT2D eigenvalue weighted by atomic mass is 10.1. The van der Waals surface area contributed by atoms with Crippen molar-refractivity contribution in [3.05, 3.63) is 76.0 Å². The van der Waals surface area contributed by atoms with Gasteiger partial charge in [-0.25, -0.2) is 4.79 Å². The number of hydrogen-bond acceptors (Lipinski definition) is 4. The first-order valence-corrected chi connectivity index (χ1v) is 7.51. The van der Waals surface area contributed by atoms with Gasteiger partial charge in [-0.2, -0.15) is 0 Å². The zero-order chi connectivity index (χ0) is 18.1. The molecule has 2 aromatic carbocycles. The van der Waals surface area contributed by atoms with Crippen LogP contribution in [0.2, 0.25) is 0 Å². The van der Waals surface area contributed by atoms with Gasteiger partial charge in [-0.05, 0) is 24.3 Å². The van der Waals surface area contributed by atoms with Gasteiger partial charge in [0.05, 0.1) is 16.1 Å². The molecular formula is C18H15N3O4. The molecule has 0 fully saturated rings. The van der Waals surface area contributed by atoms with Crippen molar-refractivity contribution in [2.75, 3.05) is 14.1 Å². The number of fused-ring (bicyclic) bond motifs is 1. The van der Waals surface area contributed by atoms with E-state index in [4.69, 9.17) is 0 Å². The highest BCUT2D eigenvalue weighted by Crippen LogP contribution is 2.23. The minimum absolute atomic E-state index is 0.0959. The molecule has 3 rings (SSSR count). The van der Waals surface area contributed by atoms with E-state index in [2.05, 4.69) is 0 Å². The smallest absolute Gasteiger partial charge is 0.328 e. The molecule has 0 saturated carbocycles. The first-order chi connectivity index (χ1) is 11.9. The Morgan fingerprint density at radius 1 is 1.04 bits per heavy atom. The van der Waals surface area contributed by atoms with Crippen molar-refractivity contribution in [3.63, 3.8) is 0 Å². The predicted octanol–water partition coefficient (Wildman–Crippen LogP) is 3.31. The molecule has 1 aromatic heterocycles. The van der Waals surface area contributed by atoms with Crippen LogP contribution in [-0.2, 0) is 0 Å². The minimum Gasteiger partial charge on any atom is -0.330 e. The quantitative estimate of drug-likeness (QED) is 0.417. The number of para-hydroxylation sites is 1. The summed E-state index contributed by atoms with van der Waals surface area (Å²) >= 11 is 0. The van der Waals surface area contributed by atoms with Crippen LogP contribution in [0.1, 0.15) is 16.1 Å². The Morgan fingerprint density at radius 3 is 2.28 bits per heavy atom. The highest BCUT2D eigenvalue weighted by atomic mass is 16.6. The third-order valence-corrected chi connectivity index (χ3v) is 3.86. The van der Waals surface area contributed by atoms with Crippen LogP contribution in [0.3, 0.4) is 0 Å². The van der Waals surface area contributed by atoms with Crippen LogP contribution in [0.15, 0.2) is 54.6 Å². The first-order valence-electron chi connectivity index (χ1n) is 7.51. The van der Waals surface area contributed by atoms with E-state index in [1.807, 2.05) is 12.1 Å². The summed E-state index contributed by atoms with van der Waals surface area (Å²) in [6.07, 6.45) is 0. The third-order valence-electron chi connectivity index (χ3n) is 3.86. The number of benzene rings is 2. The van der Waals surface area contributed by atoms with Gasteiger partial charge >= 0.3 is 6.03 Å². The number of nitro benzene ring substituents is 1. The molecular weight excluding hydrogens is 322 g/mol. The zero-order valence-corrected chi connectivity index (χ0v) is 13.7. The number of nitro groups is 1. The lowest BCUT2D eigenvalue weighted by molar-refractivity contribution is -0.384. The van der Waals surface area contributed by atoms with E-state index in [1.165, 1.54) is 33.7 Å². The largest absolute Gasteiger partial charge is 0.330 e. The van der Waals surface area contributed by atoms with Crippen LogP contribution in [0.25, 0.3) is 10.9 Å². The number of ketones is 1. The number of carbonyl (C=O) groups is 2. The molecule has 25 heavy (non-hydrogen) atoms. The summed E-state index contributed by atoms with van der Waals surface area (Å²) < 4.78 is 1.36. The summed E-state index contributed by atoms with van der Waals surface area (Å²) in [6, 6.07) is 13.8. The number of nitrogens with zero attached hydrogens (tertiary/aromatic N) is 3. The normalized spacial score (nSPS) is 10.6. The van der Waals surface area contributed by atoms with Gasteiger partial charge in [0.25, 0.3) is 5.69 Å².